The van der Waals surface area contributed by atoms with Crippen LogP contribution in [0.4, 0.5) is 32.0 Å². The zero-order chi connectivity index (χ0) is 15.9. The van der Waals surface area contributed by atoms with E-state index >= 15 is 0 Å². The first-order valence-corrected chi connectivity index (χ1v) is 4.83. The molecule has 0 amide bonds. The van der Waals surface area contributed by atoms with E-state index in [2.05, 4.69) is 0 Å². The Balaban J connectivity index is 3.64. The second-order valence-corrected chi connectivity index (χ2v) is 3.77. The molecule has 1 rings (SSSR count). The van der Waals surface area contributed by atoms with Crippen LogP contribution < -0.4 is 5.73 Å². The highest BCUT2D eigenvalue weighted by Crippen LogP contribution is 2.48. The maximum Gasteiger partial charge on any atom is 0.432 e. The molecule has 0 heterocycles. The quantitative estimate of drug-likeness (QED) is 0.455. The van der Waals surface area contributed by atoms with Crippen molar-refractivity contribution < 1.29 is 41.4 Å². The van der Waals surface area contributed by atoms with Crippen molar-refractivity contribution in [2.75, 3.05) is 5.73 Å². The average molecular weight is 303 g/mol. The standard InChI is InChI=1S/C10H7F6NO3/c11-8(12)9(13,10(14,15)16)3-1-4(7(19)20)6(17)5(18)2-3/h1-2,8,18H,17H2,(H,19,20). The fourth-order valence-electron chi connectivity index (χ4n) is 1.44. The fourth-order valence-corrected chi connectivity index (χ4v) is 1.44. The van der Waals surface area contributed by atoms with Gasteiger partial charge in [0, 0.05) is 5.56 Å². The largest absolute Gasteiger partial charge is 0.506 e. The van der Waals surface area contributed by atoms with Crippen LogP contribution in [0.2, 0.25) is 0 Å². The number of hydrogen-bond donors (Lipinski definition) is 3. The molecule has 1 aromatic carbocycles. The molecule has 112 valence electrons. The van der Waals surface area contributed by atoms with Gasteiger partial charge in [-0.2, -0.15) is 13.2 Å². The maximum atomic E-state index is 13.7. The number of alkyl halides is 6. The molecule has 1 aromatic rings. The van der Waals surface area contributed by atoms with Gasteiger partial charge in [-0.25, -0.2) is 18.0 Å². The van der Waals surface area contributed by atoms with Crippen molar-refractivity contribution in [3.8, 4) is 5.75 Å². The lowest BCUT2D eigenvalue weighted by Crippen LogP contribution is -2.44. The number of rotatable bonds is 3. The van der Waals surface area contributed by atoms with Gasteiger partial charge in [-0.05, 0) is 12.1 Å². The molecule has 1 unspecified atom stereocenters. The molecule has 10 heteroatoms. The molecule has 1 atom stereocenters. The first-order valence-electron chi connectivity index (χ1n) is 4.83. The molecule has 0 aromatic heterocycles. The van der Waals surface area contributed by atoms with Gasteiger partial charge >= 0.3 is 12.1 Å². The monoisotopic (exact) mass is 303 g/mol. The normalized spacial score (nSPS) is 15.2. The van der Waals surface area contributed by atoms with E-state index in [1.165, 1.54) is 0 Å². The molecule has 4 nitrogen and oxygen atoms in total. The van der Waals surface area contributed by atoms with E-state index in [0.29, 0.717) is 0 Å². The van der Waals surface area contributed by atoms with E-state index in [9.17, 15) is 36.2 Å². The second-order valence-electron chi connectivity index (χ2n) is 3.77. The van der Waals surface area contributed by atoms with Crippen LogP contribution in [0.25, 0.3) is 0 Å². The Labute approximate surface area is 107 Å². The van der Waals surface area contributed by atoms with Gasteiger partial charge < -0.3 is 15.9 Å². The van der Waals surface area contributed by atoms with Crippen LogP contribution in [0.5, 0.6) is 5.75 Å². The summed E-state index contributed by atoms with van der Waals surface area (Å²) in [4.78, 5) is 10.7. The van der Waals surface area contributed by atoms with Crippen LogP contribution in [0, 0.1) is 0 Å². The summed E-state index contributed by atoms with van der Waals surface area (Å²) in [6, 6.07) is 0.0262. The summed E-state index contributed by atoms with van der Waals surface area (Å²) in [7, 11) is 0. The van der Waals surface area contributed by atoms with Gasteiger partial charge in [-0.15, -0.1) is 0 Å². The molecular weight excluding hydrogens is 296 g/mol. The van der Waals surface area contributed by atoms with E-state index < -0.39 is 46.8 Å². The Morgan fingerprint density at radius 2 is 1.70 bits per heavy atom. The van der Waals surface area contributed by atoms with Crippen molar-refractivity contribution in [2.24, 2.45) is 0 Å². The van der Waals surface area contributed by atoms with Crippen molar-refractivity contribution in [3.63, 3.8) is 0 Å². The highest BCUT2D eigenvalue weighted by molar-refractivity contribution is 5.95. The van der Waals surface area contributed by atoms with E-state index in [1.807, 2.05) is 0 Å². The number of halogens is 6. The minimum atomic E-state index is -6.01. The van der Waals surface area contributed by atoms with E-state index in [1.54, 1.807) is 0 Å². The number of hydrogen-bond acceptors (Lipinski definition) is 3. The zero-order valence-electron chi connectivity index (χ0n) is 9.38. The molecule has 0 radical (unpaired) electrons. The van der Waals surface area contributed by atoms with Gasteiger partial charge in [0.2, 0.25) is 0 Å². The van der Waals surface area contributed by atoms with Crippen LogP contribution in [-0.2, 0) is 5.67 Å². The number of aromatic carboxylic acids is 1. The number of nitrogens with two attached hydrogens (primary N) is 1. The van der Waals surface area contributed by atoms with Gasteiger partial charge in [0.25, 0.3) is 12.1 Å². The topological polar surface area (TPSA) is 83.5 Å². The molecule has 0 bridgehead atoms. The molecule has 0 fully saturated rings. The number of benzene rings is 1. The van der Waals surface area contributed by atoms with Crippen molar-refractivity contribution >= 4 is 11.7 Å². The first-order chi connectivity index (χ1) is 8.92. The molecule has 0 aliphatic heterocycles. The number of carboxylic acids is 1. The van der Waals surface area contributed by atoms with Gasteiger partial charge in [0.05, 0.1) is 11.3 Å². The minimum absolute atomic E-state index is 0.0109. The van der Waals surface area contributed by atoms with Gasteiger partial charge in [0.15, 0.2) is 0 Å². The molecule has 0 saturated carbocycles. The Bertz CT molecular complexity index is 545. The minimum Gasteiger partial charge on any atom is -0.506 e. The highest BCUT2D eigenvalue weighted by Gasteiger charge is 2.64. The molecule has 0 spiro atoms. The number of carbonyl (C=O) groups is 1. The second kappa shape index (κ2) is 4.76. The van der Waals surface area contributed by atoms with E-state index in [-0.39, 0.29) is 12.1 Å². The van der Waals surface area contributed by atoms with Crippen molar-refractivity contribution in [1.82, 2.24) is 0 Å². The number of anilines is 1. The van der Waals surface area contributed by atoms with Gasteiger partial charge in [-0.3, -0.25) is 0 Å². The molecule has 0 aliphatic carbocycles. The van der Waals surface area contributed by atoms with Crippen LogP contribution in [0.15, 0.2) is 12.1 Å². The molecule has 0 aliphatic rings. The van der Waals surface area contributed by atoms with Crippen molar-refractivity contribution in [3.05, 3.63) is 23.3 Å². The number of carboxylic acid groups (broad SMARTS) is 1. The fraction of sp³-hybridized carbons (Fsp3) is 0.300. The summed E-state index contributed by atoms with van der Waals surface area (Å²) in [5, 5.41) is 17.8. The van der Waals surface area contributed by atoms with Crippen LogP contribution in [-0.4, -0.2) is 28.8 Å². The summed E-state index contributed by atoms with van der Waals surface area (Å²) in [5.41, 5.74) is -3.79. The molecule has 20 heavy (non-hydrogen) atoms. The predicted molar refractivity (Wildman–Crippen MR) is 54.3 cm³/mol. The van der Waals surface area contributed by atoms with Crippen molar-refractivity contribution in [2.45, 2.75) is 18.3 Å². The third kappa shape index (κ3) is 2.32. The molecule has 4 N–H and O–H groups in total. The van der Waals surface area contributed by atoms with Gasteiger partial charge in [0.1, 0.15) is 5.75 Å². The average Bonchev–Trinajstić information content (AvgIpc) is 2.29. The first kappa shape index (κ1) is 15.9. The maximum absolute atomic E-state index is 13.7. The van der Waals surface area contributed by atoms with Crippen LogP contribution in [0.1, 0.15) is 15.9 Å². The Morgan fingerprint density at radius 3 is 2.05 bits per heavy atom. The molecule has 0 saturated heterocycles. The zero-order valence-corrected chi connectivity index (χ0v) is 9.38. The van der Waals surface area contributed by atoms with E-state index in [0.717, 1.165) is 0 Å². The molecular formula is C10H7F6NO3. The lowest BCUT2D eigenvalue weighted by molar-refractivity contribution is -0.274. The Morgan fingerprint density at radius 1 is 1.20 bits per heavy atom. The lowest BCUT2D eigenvalue weighted by atomic mass is 9.92. The predicted octanol–water partition coefficient (Wildman–Crippen LogP) is 2.66. The summed E-state index contributed by atoms with van der Waals surface area (Å²) in [6.45, 7) is 0. The van der Waals surface area contributed by atoms with E-state index in [4.69, 9.17) is 10.8 Å². The van der Waals surface area contributed by atoms with Crippen LogP contribution >= 0.6 is 0 Å². The number of aromatic hydroxyl groups is 1. The van der Waals surface area contributed by atoms with Crippen molar-refractivity contribution in [1.29, 1.82) is 0 Å². The Kier molecular flexibility index (Phi) is 3.79. The summed E-state index contributed by atoms with van der Waals surface area (Å²) in [5.74, 6) is -3.15. The summed E-state index contributed by atoms with van der Waals surface area (Å²) >= 11 is 0. The number of phenolic OH excluding ortho intramolecular Hbond substituents is 1. The Hall–Kier alpha value is -2.13. The summed E-state index contributed by atoms with van der Waals surface area (Å²) in [6.07, 6.45) is -10.5. The smallest absolute Gasteiger partial charge is 0.432 e. The van der Waals surface area contributed by atoms with Gasteiger partial charge in [-0.1, -0.05) is 0 Å². The SMILES string of the molecule is Nc1c(O)cc(C(F)(C(F)F)C(F)(F)F)cc1C(=O)O. The lowest BCUT2D eigenvalue weighted by Gasteiger charge is -2.28. The number of nitrogen functional groups attached to an aromatic ring is 1. The highest BCUT2D eigenvalue weighted by atomic mass is 19.4. The van der Waals surface area contributed by atoms with Crippen LogP contribution in [0.3, 0.4) is 0 Å². The third-order valence-corrected chi connectivity index (χ3v) is 2.52. The number of phenols is 1. The summed E-state index contributed by atoms with van der Waals surface area (Å²) < 4.78 is 76.1. The third-order valence-electron chi connectivity index (χ3n) is 2.52.